The second kappa shape index (κ2) is 5.89. The molecule has 0 aliphatic carbocycles. The molecule has 5 nitrogen and oxygen atoms in total. The molecule has 1 aromatic carbocycles. The molecule has 0 unspecified atom stereocenters. The zero-order chi connectivity index (χ0) is 19.3. The monoisotopic (exact) mass is 391 g/mol. The van der Waals surface area contributed by atoms with Gasteiger partial charge in [-0.1, -0.05) is 12.1 Å². The first kappa shape index (κ1) is 18.5. The second-order valence-corrected chi connectivity index (χ2v) is 10.7. The van der Waals surface area contributed by atoms with Crippen LogP contribution in [0.3, 0.4) is 0 Å². The van der Waals surface area contributed by atoms with Gasteiger partial charge in [-0.2, -0.15) is 5.26 Å². The molecule has 0 amide bonds. The van der Waals surface area contributed by atoms with Crippen LogP contribution in [-0.4, -0.2) is 24.8 Å². The lowest BCUT2D eigenvalue weighted by molar-refractivity contribution is 0.432. The predicted octanol–water partition coefficient (Wildman–Crippen LogP) is 3.41. The zero-order valence-corrected chi connectivity index (χ0v) is 16.2. The minimum absolute atomic E-state index is 0.146. The van der Waals surface area contributed by atoms with Gasteiger partial charge in [0.25, 0.3) is 0 Å². The van der Waals surface area contributed by atoms with E-state index < -0.39 is 25.9 Å². The van der Waals surface area contributed by atoms with Crippen molar-refractivity contribution < 1.29 is 12.8 Å². The lowest BCUT2D eigenvalue weighted by Crippen LogP contribution is -2.63. The van der Waals surface area contributed by atoms with E-state index in [9.17, 15) is 12.8 Å². The van der Waals surface area contributed by atoms with E-state index in [-0.39, 0.29) is 16.5 Å². The molecular formula is C18H18FN3O2S2. The van der Waals surface area contributed by atoms with Gasteiger partial charge in [0.1, 0.15) is 16.4 Å². The normalized spacial score (nSPS) is 23.9. The lowest BCUT2D eigenvalue weighted by Gasteiger charge is -2.42. The molecule has 0 spiro atoms. The van der Waals surface area contributed by atoms with Gasteiger partial charge in [0.05, 0.1) is 27.8 Å². The van der Waals surface area contributed by atoms with E-state index in [0.29, 0.717) is 16.0 Å². The number of hydrogen-bond acceptors (Lipinski definition) is 5. The summed E-state index contributed by atoms with van der Waals surface area (Å²) in [6.07, 6.45) is 0. The fourth-order valence-electron chi connectivity index (χ4n) is 2.93. The van der Waals surface area contributed by atoms with Crippen molar-refractivity contribution in [2.75, 3.05) is 5.75 Å². The van der Waals surface area contributed by atoms with E-state index in [1.54, 1.807) is 31.2 Å². The minimum atomic E-state index is -3.64. The summed E-state index contributed by atoms with van der Waals surface area (Å²) in [6.45, 7) is 4.54. The molecule has 1 aromatic heterocycles. The van der Waals surface area contributed by atoms with E-state index in [0.717, 1.165) is 11.3 Å². The van der Waals surface area contributed by atoms with Crippen LogP contribution in [0.25, 0.3) is 10.4 Å². The van der Waals surface area contributed by atoms with Crippen LogP contribution in [0.5, 0.6) is 0 Å². The summed E-state index contributed by atoms with van der Waals surface area (Å²) < 4.78 is 38.7. The van der Waals surface area contributed by atoms with E-state index in [1.807, 2.05) is 6.07 Å². The first-order chi connectivity index (χ1) is 12.0. The molecule has 0 bridgehead atoms. The Morgan fingerprint density at radius 2 is 2.00 bits per heavy atom. The highest BCUT2D eigenvalue weighted by molar-refractivity contribution is 7.93. The van der Waals surface area contributed by atoms with Crippen LogP contribution in [0, 0.1) is 22.6 Å². The van der Waals surface area contributed by atoms with Crippen molar-refractivity contribution in [2.45, 2.75) is 31.1 Å². The Morgan fingerprint density at radius 3 is 2.62 bits per heavy atom. The average molecular weight is 391 g/mol. The van der Waals surface area contributed by atoms with Crippen LogP contribution < -0.4 is 5.32 Å². The number of nitriles is 1. The summed E-state index contributed by atoms with van der Waals surface area (Å²) in [4.78, 5) is 0.838. The summed E-state index contributed by atoms with van der Waals surface area (Å²) in [6, 6.07) is 10.2. The van der Waals surface area contributed by atoms with Gasteiger partial charge in [-0.05, 0) is 44.5 Å². The Kier molecular flexibility index (Phi) is 4.20. The number of sulfone groups is 1. The maximum Gasteiger partial charge on any atom is 0.165 e. The molecule has 8 heteroatoms. The number of amidine groups is 1. The highest BCUT2D eigenvalue weighted by Gasteiger charge is 2.51. The van der Waals surface area contributed by atoms with Crippen molar-refractivity contribution in [2.24, 2.45) is 0 Å². The maximum absolute atomic E-state index is 14.7. The molecule has 1 aliphatic rings. The quantitative estimate of drug-likeness (QED) is 0.820. The number of thiophene rings is 1. The summed E-state index contributed by atoms with van der Waals surface area (Å²) in [5.74, 6) is -0.970. The zero-order valence-electron chi connectivity index (χ0n) is 14.6. The first-order valence-corrected chi connectivity index (χ1v) is 10.4. The Bertz CT molecular complexity index is 1050. The Balaban J connectivity index is 2.07. The highest BCUT2D eigenvalue weighted by Crippen LogP contribution is 2.41. The molecule has 1 saturated heterocycles. The predicted molar refractivity (Wildman–Crippen MR) is 101 cm³/mol. The summed E-state index contributed by atoms with van der Waals surface area (Å²) in [7, 11) is -3.64. The van der Waals surface area contributed by atoms with Crippen LogP contribution in [0.4, 0.5) is 4.39 Å². The fourth-order valence-corrected chi connectivity index (χ4v) is 5.85. The van der Waals surface area contributed by atoms with E-state index >= 15 is 0 Å². The third-order valence-corrected chi connectivity index (χ3v) is 8.86. The number of halogens is 1. The van der Waals surface area contributed by atoms with Gasteiger partial charge in [0.15, 0.2) is 9.84 Å². The van der Waals surface area contributed by atoms with Gasteiger partial charge in [0.2, 0.25) is 0 Å². The molecule has 3 rings (SSSR count). The van der Waals surface area contributed by atoms with Crippen LogP contribution in [0.2, 0.25) is 0 Å². The van der Waals surface area contributed by atoms with Gasteiger partial charge < -0.3 is 5.32 Å². The van der Waals surface area contributed by atoms with Crippen LogP contribution in [0.15, 0.2) is 30.3 Å². The summed E-state index contributed by atoms with van der Waals surface area (Å²) in [5.41, 5.74) is -0.0616. The molecule has 0 radical (unpaired) electrons. The largest absolute Gasteiger partial charge is 0.361 e. The Labute approximate surface area is 155 Å². The molecule has 136 valence electrons. The molecule has 26 heavy (non-hydrogen) atoms. The molecule has 2 N–H and O–H groups in total. The van der Waals surface area contributed by atoms with E-state index in [2.05, 4.69) is 5.32 Å². The van der Waals surface area contributed by atoms with Crippen molar-refractivity contribution in [1.29, 1.82) is 10.7 Å². The van der Waals surface area contributed by atoms with Crippen LogP contribution in [0.1, 0.15) is 31.2 Å². The summed E-state index contributed by atoms with van der Waals surface area (Å²) in [5, 5.41) is 20.0. The van der Waals surface area contributed by atoms with Crippen molar-refractivity contribution >= 4 is 27.0 Å². The maximum atomic E-state index is 14.7. The number of nitrogens with zero attached hydrogens (tertiary/aromatic N) is 1. The van der Waals surface area contributed by atoms with E-state index in [1.165, 1.54) is 19.9 Å². The Morgan fingerprint density at radius 1 is 1.31 bits per heavy atom. The average Bonchev–Trinajstić information content (AvgIpc) is 2.95. The molecule has 2 heterocycles. The lowest BCUT2D eigenvalue weighted by atomic mass is 9.99. The van der Waals surface area contributed by atoms with Gasteiger partial charge >= 0.3 is 0 Å². The number of benzene rings is 1. The van der Waals surface area contributed by atoms with Gasteiger partial charge in [-0.3, -0.25) is 5.41 Å². The molecule has 1 atom stereocenters. The van der Waals surface area contributed by atoms with E-state index in [4.69, 9.17) is 10.7 Å². The second-order valence-electron chi connectivity index (χ2n) is 7.08. The van der Waals surface area contributed by atoms with Gasteiger partial charge in [-0.15, -0.1) is 11.3 Å². The van der Waals surface area contributed by atoms with Crippen molar-refractivity contribution in [3.8, 4) is 16.5 Å². The standard InChI is InChI=1S/C18H18FN3O2S2/c1-17(2)16(21)22-18(3,10-26(17,23)24)15-13(19)8-14(25-15)12-6-4-5-11(7-12)9-20/h4-8H,10H2,1-3H3,(H2,21,22)/t18-/m0/s1. The summed E-state index contributed by atoms with van der Waals surface area (Å²) >= 11 is 1.13. The smallest absolute Gasteiger partial charge is 0.165 e. The third-order valence-electron chi connectivity index (χ3n) is 4.72. The van der Waals surface area contributed by atoms with Gasteiger partial charge in [0, 0.05) is 4.88 Å². The highest BCUT2D eigenvalue weighted by atomic mass is 32.2. The molecular weight excluding hydrogens is 373 g/mol. The molecule has 1 aliphatic heterocycles. The first-order valence-electron chi connectivity index (χ1n) is 7.90. The Hall–Kier alpha value is -2.24. The number of rotatable bonds is 2. The topological polar surface area (TPSA) is 93.8 Å². The van der Waals surface area contributed by atoms with Crippen molar-refractivity contribution in [1.82, 2.24) is 5.32 Å². The SMILES string of the molecule is CC1(C)C(=N)N[C@](C)(c2sc(-c3cccc(C#N)c3)cc2F)CS1(=O)=O. The number of hydrogen-bond donors (Lipinski definition) is 2. The van der Waals surface area contributed by atoms with Crippen molar-refractivity contribution in [3.63, 3.8) is 0 Å². The molecule has 2 aromatic rings. The molecule has 1 fully saturated rings. The van der Waals surface area contributed by atoms with Gasteiger partial charge in [-0.25, -0.2) is 12.8 Å². The van der Waals surface area contributed by atoms with Crippen LogP contribution >= 0.6 is 11.3 Å². The van der Waals surface area contributed by atoms with Crippen molar-refractivity contribution in [3.05, 3.63) is 46.6 Å². The number of nitrogens with one attached hydrogen (secondary N) is 2. The van der Waals surface area contributed by atoms with Crippen LogP contribution in [-0.2, 0) is 15.4 Å². The minimum Gasteiger partial charge on any atom is -0.361 e. The fraction of sp³-hybridized carbons (Fsp3) is 0.333. The molecule has 0 saturated carbocycles. The third kappa shape index (κ3) is 2.81.